The molecule has 0 spiro atoms. The second kappa shape index (κ2) is 5.91. The van der Waals surface area contributed by atoms with Gasteiger partial charge >= 0.3 is 0 Å². The Morgan fingerprint density at radius 1 is 1.35 bits per heavy atom. The van der Waals surface area contributed by atoms with Crippen LogP contribution in [0.5, 0.6) is 0 Å². The van der Waals surface area contributed by atoms with Gasteiger partial charge in [0.2, 0.25) is 0 Å². The van der Waals surface area contributed by atoms with E-state index in [1.165, 1.54) is 17.0 Å². The Labute approximate surface area is 109 Å². The zero-order valence-electron chi connectivity index (χ0n) is 11.9. The van der Waals surface area contributed by atoms with Gasteiger partial charge in [-0.05, 0) is 39.9 Å². The van der Waals surface area contributed by atoms with Crippen molar-refractivity contribution in [2.45, 2.75) is 58.1 Å². The van der Waals surface area contributed by atoms with Crippen molar-refractivity contribution in [2.24, 2.45) is 7.05 Å². The Morgan fingerprint density at radius 3 is 2.53 bits per heavy atom. The average Bonchev–Trinajstić information content (AvgIpc) is 2.46. The van der Waals surface area contributed by atoms with Crippen molar-refractivity contribution >= 4 is 11.8 Å². The molecule has 98 valence electrons. The molecule has 0 aliphatic rings. The van der Waals surface area contributed by atoms with E-state index in [2.05, 4.69) is 45.0 Å². The summed E-state index contributed by atoms with van der Waals surface area (Å²) in [6.45, 7) is 11.8. The van der Waals surface area contributed by atoms with Gasteiger partial charge in [0.25, 0.3) is 0 Å². The van der Waals surface area contributed by atoms with E-state index in [1.807, 2.05) is 23.5 Å². The highest BCUT2D eigenvalue weighted by Gasteiger charge is 2.16. The Kier molecular flexibility index (Phi) is 5.07. The molecule has 0 saturated heterocycles. The average molecular weight is 255 g/mol. The van der Waals surface area contributed by atoms with Gasteiger partial charge in [-0.1, -0.05) is 6.92 Å². The molecule has 3 nitrogen and oxygen atoms in total. The highest BCUT2D eigenvalue weighted by molar-refractivity contribution is 7.99. The highest BCUT2D eigenvalue weighted by atomic mass is 32.2. The summed E-state index contributed by atoms with van der Waals surface area (Å²) >= 11 is 1.91. The van der Waals surface area contributed by atoms with E-state index in [1.54, 1.807) is 0 Å². The predicted octanol–water partition coefficient (Wildman–Crippen LogP) is 3.12. The van der Waals surface area contributed by atoms with Crippen molar-refractivity contribution in [3.63, 3.8) is 0 Å². The number of nitrogens with one attached hydrogen (secondary N) is 1. The molecule has 0 radical (unpaired) electrons. The van der Waals surface area contributed by atoms with E-state index < -0.39 is 0 Å². The lowest BCUT2D eigenvalue weighted by Crippen LogP contribution is -2.35. The lowest BCUT2D eigenvalue weighted by atomic mass is 10.1. The van der Waals surface area contributed by atoms with Crippen molar-refractivity contribution in [3.8, 4) is 0 Å². The first-order chi connectivity index (χ1) is 7.85. The zero-order chi connectivity index (χ0) is 13.1. The summed E-state index contributed by atoms with van der Waals surface area (Å²) in [5.74, 6) is 1.15. The minimum Gasteiger partial charge on any atom is -0.308 e. The topological polar surface area (TPSA) is 29.9 Å². The minimum atomic E-state index is 0.148. The summed E-state index contributed by atoms with van der Waals surface area (Å²) in [4.78, 5) is 0. The summed E-state index contributed by atoms with van der Waals surface area (Å²) in [6, 6.07) is 0. The van der Waals surface area contributed by atoms with Gasteiger partial charge < -0.3 is 5.32 Å². The van der Waals surface area contributed by atoms with Crippen LogP contribution in [0.2, 0.25) is 0 Å². The van der Waals surface area contributed by atoms with Gasteiger partial charge in [-0.15, -0.1) is 11.8 Å². The molecule has 0 aliphatic carbocycles. The first-order valence-corrected chi connectivity index (χ1v) is 7.24. The third kappa shape index (κ3) is 4.36. The lowest BCUT2D eigenvalue weighted by molar-refractivity contribution is 0.421. The summed E-state index contributed by atoms with van der Waals surface area (Å²) in [5.41, 5.74) is 2.64. The van der Waals surface area contributed by atoms with Crippen LogP contribution in [0.4, 0.5) is 0 Å². The first-order valence-electron chi connectivity index (χ1n) is 6.25. The zero-order valence-corrected chi connectivity index (χ0v) is 12.7. The Hall–Kier alpha value is -0.480. The quantitative estimate of drug-likeness (QED) is 0.820. The molecular formula is C13H25N3S. The van der Waals surface area contributed by atoms with Crippen LogP contribution in [0.25, 0.3) is 0 Å². The van der Waals surface area contributed by atoms with Gasteiger partial charge in [0.05, 0.1) is 10.7 Å². The fraction of sp³-hybridized carbons (Fsp3) is 0.769. The van der Waals surface area contributed by atoms with Crippen molar-refractivity contribution in [1.82, 2.24) is 15.1 Å². The lowest BCUT2D eigenvalue weighted by Gasteiger charge is -2.20. The number of nitrogens with zero attached hydrogens (tertiary/aromatic N) is 2. The van der Waals surface area contributed by atoms with Crippen molar-refractivity contribution in [1.29, 1.82) is 0 Å². The second-order valence-corrected chi connectivity index (χ2v) is 6.53. The molecule has 1 rings (SSSR count). The Morgan fingerprint density at radius 2 is 2.00 bits per heavy atom. The molecule has 0 amide bonds. The van der Waals surface area contributed by atoms with E-state index in [0.29, 0.717) is 0 Å². The standard InChI is InChI=1S/C13H25N3S/c1-7-8-17-12-11(9-14-13(3,4)5)10(2)15-16(12)6/h14H,7-9H2,1-6H3. The summed E-state index contributed by atoms with van der Waals surface area (Å²) in [5, 5.41) is 9.37. The summed E-state index contributed by atoms with van der Waals surface area (Å²) in [6.07, 6.45) is 1.20. The maximum atomic E-state index is 4.52. The van der Waals surface area contributed by atoms with Crippen LogP contribution in [-0.2, 0) is 13.6 Å². The molecule has 0 fully saturated rings. The maximum absolute atomic E-state index is 4.52. The molecular weight excluding hydrogens is 230 g/mol. The fourth-order valence-electron chi connectivity index (χ4n) is 1.62. The number of thioether (sulfide) groups is 1. The monoisotopic (exact) mass is 255 g/mol. The highest BCUT2D eigenvalue weighted by Crippen LogP contribution is 2.25. The van der Waals surface area contributed by atoms with E-state index in [-0.39, 0.29) is 5.54 Å². The largest absolute Gasteiger partial charge is 0.308 e. The first kappa shape index (κ1) is 14.6. The molecule has 0 aromatic carbocycles. The number of aryl methyl sites for hydroxylation is 2. The second-order valence-electron chi connectivity index (χ2n) is 5.44. The molecule has 1 aromatic rings. The van der Waals surface area contributed by atoms with Crippen LogP contribution < -0.4 is 5.32 Å². The summed E-state index contributed by atoms with van der Waals surface area (Å²) < 4.78 is 2.01. The normalized spacial score (nSPS) is 12.1. The van der Waals surface area contributed by atoms with E-state index in [9.17, 15) is 0 Å². The molecule has 1 N–H and O–H groups in total. The number of hydrogen-bond donors (Lipinski definition) is 1. The number of rotatable bonds is 5. The van der Waals surface area contributed by atoms with Gasteiger partial charge in [-0.25, -0.2) is 0 Å². The van der Waals surface area contributed by atoms with Crippen LogP contribution in [0.3, 0.4) is 0 Å². The third-order valence-electron chi connectivity index (χ3n) is 2.53. The predicted molar refractivity (Wildman–Crippen MR) is 75.6 cm³/mol. The maximum Gasteiger partial charge on any atom is 0.0984 e. The van der Waals surface area contributed by atoms with Crippen molar-refractivity contribution in [3.05, 3.63) is 11.3 Å². The Bertz CT molecular complexity index is 363. The molecule has 1 aromatic heterocycles. The number of aromatic nitrogens is 2. The van der Waals surface area contributed by atoms with Gasteiger partial charge in [0, 0.05) is 24.7 Å². The Balaban J connectivity index is 2.81. The van der Waals surface area contributed by atoms with Gasteiger partial charge in [0.15, 0.2) is 0 Å². The minimum absolute atomic E-state index is 0.148. The van der Waals surface area contributed by atoms with Crippen LogP contribution in [0.15, 0.2) is 5.03 Å². The van der Waals surface area contributed by atoms with E-state index in [0.717, 1.165) is 18.0 Å². The van der Waals surface area contributed by atoms with Crippen LogP contribution in [0.1, 0.15) is 45.4 Å². The van der Waals surface area contributed by atoms with Crippen LogP contribution in [0, 0.1) is 6.92 Å². The van der Waals surface area contributed by atoms with Crippen LogP contribution in [-0.4, -0.2) is 21.1 Å². The molecule has 0 atom stereocenters. The fourth-order valence-corrected chi connectivity index (χ4v) is 2.64. The van der Waals surface area contributed by atoms with Gasteiger partial charge in [0.1, 0.15) is 0 Å². The molecule has 0 unspecified atom stereocenters. The van der Waals surface area contributed by atoms with Gasteiger partial charge in [-0.3, -0.25) is 4.68 Å². The molecule has 17 heavy (non-hydrogen) atoms. The molecule has 0 bridgehead atoms. The number of hydrogen-bond acceptors (Lipinski definition) is 3. The molecule has 0 aliphatic heterocycles. The smallest absolute Gasteiger partial charge is 0.0984 e. The molecule has 1 heterocycles. The van der Waals surface area contributed by atoms with Crippen molar-refractivity contribution in [2.75, 3.05) is 5.75 Å². The van der Waals surface area contributed by atoms with Crippen LogP contribution >= 0.6 is 11.8 Å². The molecule has 0 saturated carbocycles. The van der Waals surface area contributed by atoms with Gasteiger partial charge in [-0.2, -0.15) is 5.10 Å². The van der Waals surface area contributed by atoms with E-state index in [4.69, 9.17) is 0 Å². The molecule has 4 heteroatoms. The third-order valence-corrected chi connectivity index (χ3v) is 3.92. The SMILES string of the molecule is CCCSc1c(CNC(C)(C)C)c(C)nn1C. The van der Waals surface area contributed by atoms with E-state index >= 15 is 0 Å². The summed E-state index contributed by atoms with van der Waals surface area (Å²) in [7, 11) is 2.03. The van der Waals surface area contributed by atoms with Crippen molar-refractivity contribution < 1.29 is 0 Å².